The zero-order valence-electron chi connectivity index (χ0n) is 15.5. The second-order valence-electron chi connectivity index (χ2n) is 7.85. The highest BCUT2D eigenvalue weighted by molar-refractivity contribution is 5.94. The minimum atomic E-state index is -1.04. The van der Waals surface area contributed by atoms with Gasteiger partial charge in [0, 0.05) is 18.2 Å². The van der Waals surface area contributed by atoms with Crippen molar-refractivity contribution in [1.82, 2.24) is 14.7 Å². The summed E-state index contributed by atoms with van der Waals surface area (Å²) in [6.45, 7) is 6.05. The first-order valence-corrected chi connectivity index (χ1v) is 8.91. The van der Waals surface area contributed by atoms with Crippen LogP contribution in [0.15, 0.2) is 36.4 Å². The molecule has 1 fully saturated rings. The van der Waals surface area contributed by atoms with Crippen molar-refractivity contribution in [1.29, 1.82) is 0 Å². The summed E-state index contributed by atoms with van der Waals surface area (Å²) in [5, 5.41) is 13.8. The van der Waals surface area contributed by atoms with Crippen molar-refractivity contribution < 1.29 is 14.7 Å². The van der Waals surface area contributed by atoms with E-state index in [2.05, 4.69) is 25.9 Å². The Morgan fingerprint density at radius 1 is 1.23 bits per heavy atom. The Hall–Kier alpha value is -2.63. The molecule has 138 valence electrons. The summed E-state index contributed by atoms with van der Waals surface area (Å²) in [6, 6.07) is 11.2. The molecule has 1 aromatic heterocycles. The smallest absolute Gasteiger partial charge is 0.323 e. The van der Waals surface area contributed by atoms with Crippen LogP contribution in [0.1, 0.15) is 61.3 Å². The topological polar surface area (TPSA) is 75.4 Å². The number of amides is 1. The van der Waals surface area contributed by atoms with Gasteiger partial charge in [-0.25, -0.2) is 0 Å². The van der Waals surface area contributed by atoms with Crippen LogP contribution < -0.4 is 0 Å². The summed E-state index contributed by atoms with van der Waals surface area (Å²) in [7, 11) is 0. The SMILES string of the molecule is CC(C)(C)n1nc(C(=O)N(CC(=O)O)Cc2ccccc2)cc1C1CC1. The van der Waals surface area contributed by atoms with Gasteiger partial charge in [-0.3, -0.25) is 14.3 Å². The molecule has 0 unspecified atom stereocenters. The molecule has 1 aliphatic carbocycles. The van der Waals surface area contributed by atoms with Gasteiger partial charge in [0.15, 0.2) is 5.69 Å². The fraction of sp³-hybridized carbons (Fsp3) is 0.450. The molecule has 1 amide bonds. The maximum Gasteiger partial charge on any atom is 0.323 e. The van der Waals surface area contributed by atoms with E-state index in [0.29, 0.717) is 11.6 Å². The standard InChI is InChI=1S/C20H25N3O3/c1-20(2,3)23-17(15-9-10-15)11-16(21-23)19(26)22(13-18(24)25)12-14-7-5-4-6-8-14/h4-8,11,15H,9-10,12-13H2,1-3H3,(H,24,25). The van der Waals surface area contributed by atoms with E-state index < -0.39 is 5.97 Å². The molecule has 0 atom stereocenters. The monoisotopic (exact) mass is 355 g/mol. The number of hydrogen-bond acceptors (Lipinski definition) is 3. The van der Waals surface area contributed by atoms with Crippen LogP contribution in [0.5, 0.6) is 0 Å². The molecule has 0 aliphatic heterocycles. The second kappa shape index (κ2) is 6.94. The van der Waals surface area contributed by atoms with Crippen molar-refractivity contribution in [2.45, 2.75) is 51.6 Å². The van der Waals surface area contributed by atoms with Gasteiger partial charge in [-0.2, -0.15) is 5.10 Å². The third-order valence-electron chi connectivity index (χ3n) is 4.42. The predicted molar refractivity (Wildman–Crippen MR) is 98.0 cm³/mol. The van der Waals surface area contributed by atoms with Gasteiger partial charge in [0.25, 0.3) is 5.91 Å². The number of aliphatic carboxylic acids is 1. The van der Waals surface area contributed by atoms with Crippen molar-refractivity contribution in [2.24, 2.45) is 0 Å². The predicted octanol–water partition coefficient (Wildman–Crippen LogP) is 3.24. The number of carboxylic acid groups (broad SMARTS) is 1. The fourth-order valence-electron chi connectivity index (χ4n) is 3.04. The van der Waals surface area contributed by atoms with E-state index in [1.54, 1.807) is 0 Å². The van der Waals surface area contributed by atoms with E-state index in [0.717, 1.165) is 24.1 Å². The van der Waals surface area contributed by atoms with Gasteiger partial charge >= 0.3 is 5.97 Å². The Morgan fingerprint density at radius 3 is 2.42 bits per heavy atom. The lowest BCUT2D eigenvalue weighted by Gasteiger charge is -2.22. The molecule has 6 heteroatoms. The van der Waals surface area contributed by atoms with E-state index in [1.807, 2.05) is 41.1 Å². The number of carbonyl (C=O) groups excluding carboxylic acids is 1. The molecule has 3 rings (SSSR count). The summed E-state index contributed by atoms with van der Waals surface area (Å²) in [4.78, 5) is 25.6. The van der Waals surface area contributed by atoms with Gasteiger partial charge < -0.3 is 10.0 Å². The third kappa shape index (κ3) is 4.12. The van der Waals surface area contributed by atoms with Gasteiger partial charge in [-0.15, -0.1) is 0 Å². The number of benzene rings is 1. The molecule has 1 aliphatic rings. The molecule has 1 heterocycles. The first kappa shape index (κ1) is 18.2. The average Bonchev–Trinajstić information content (AvgIpc) is 3.31. The van der Waals surface area contributed by atoms with E-state index in [4.69, 9.17) is 0 Å². The lowest BCUT2D eigenvalue weighted by Crippen LogP contribution is -2.35. The van der Waals surface area contributed by atoms with Crippen molar-refractivity contribution in [2.75, 3.05) is 6.54 Å². The highest BCUT2D eigenvalue weighted by Crippen LogP contribution is 2.41. The number of carbonyl (C=O) groups is 2. The largest absolute Gasteiger partial charge is 0.480 e. The highest BCUT2D eigenvalue weighted by Gasteiger charge is 2.33. The van der Waals surface area contributed by atoms with Gasteiger partial charge in [0.1, 0.15) is 6.54 Å². The summed E-state index contributed by atoms with van der Waals surface area (Å²) < 4.78 is 1.92. The van der Waals surface area contributed by atoms with Crippen LogP contribution in [0, 0.1) is 0 Å². The molecule has 1 aromatic carbocycles. The lowest BCUT2D eigenvalue weighted by atomic mass is 10.1. The molecule has 6 nitrogen and oxygen atoms in total. The first-order valence-electron chi connectivity index (χ1n) is 8.91. The normalized spacial score (nSPS) is 14.3. The van der Waals surface area contributed by atoms with Gasteiger partial charge in [0.2, 0.25) is 0 Å². The van der Waals surface area contributed by atoms with Crippen LogP contribution in [0.3, 0.4) is 0 Å². The minimum absolute atomic E-state index is 0.229. The summed E-state index contributed by atoms with van der Waals surface area (Å²) in [5.41, 5.74) is 2.04. The second-order valence-corrected chi connectivity index (χ2v) is 7.85. The number of rotatable bonds is 6. The molecule has 0 spiro atoms. The maximum absolute atomic E-state index is 13.0. The molecular formula is C20H25N3O3. The van der Waals surface area contributed by atoms with Crippen LogP contribution in [0.25, 0.3) is 0 Å². The van der Waals surface area contributed by atoms with E-state index in [-0.39, 0.29) is 24.5 Å². The number of nitrogens with zero attached hydrogens (tertiary/aromatic N) is 3. The highest BCUT2D eigenvalue weighted by atomic mass is 16.4. The zero-order chi connectivity index (χ0) is 18.9. The van der Waals surface area contributed by atoms with Crippen LogP contribution >= 0.6 is 0 Å². The van der Waals surface area contributed by atoms with Gasteiger partial charge in [-0.1, -0.05) is 30.3 Å². The Labute approximate surface area is 153 Å². The molecular weight excluding hydrogens is 330 g/mol. The van der Waals surface area contributed by atoms with E-state index >= 15 is 0 Å². The van der Waals surface area contributed by atoms with Crippen molar-refractivity contribution in [3.05, 3.63) is 53.3 Å². The summed E-state index contributed by atoms with van der Waals surface area (Å²) in [5.74, 6) is -0.932. The van der Waals surface area contributed by atoms with Crippen LogP contribution in [0.2, 0.25) is 0 Å². The summed E-state index contributed by atoms with van der Waals surface area (Å²) >= 11 is 0. The Morgan fingerprint density at radius 2 is 1.88 bits per heavy atom. The zero-order valence-corrected chi connectivity index (χ0v) is 15.5. The van der Waals surface area contributed by atoms with Gasteiger partial charge in [0.05, 0.1) is 5.54 Å². The van der Waals surface area contributed by atoms with Crippen LogP contribution in [-0.4, -0.2) is 38.2 Å². The Balaban J connectivity index is 1.90. The average molecular weight is 355 g/mol. The van der Waals surface area contributed by atoms with E-state index in [9.17, 15) is 14.7 Å². The van der Waals surface area contributed by atoms with Crippen LogP contribution in [0.4, 0.5) is 0 Å². The molecule has 0 radical (unpaired) electrons. The minimum Gasteiger partial charge on any atom is -0.480 e. The van der Waals surface area contributed by atoms with Gasteiger partial charge in [-0.05, 0) is 45.2 Å². The van der Waals surface area contributed by atoms with E-state index in [1.165, 1.54) is 4.90 Å². The van der Waals surface area contributed by atoms with Crippen molar-refractivity contribution >= 4 is 11.9 Å². The molecule has 2 aromatic rings. The molecule has 1 saturated carbocycles. The first-order chi connectivity index (χ1) is 12.3. The Bertz CT molecular complexity index is 801. The lowest BCUT2D eigenvalue weighted by molar-refractivity contribution is -0.137. The fourth-order valence-corrected chi connectivity index (χ4v) is 3.04. The molecule has 26 heavy (non-hydrogen) atoms. The maximum atomic E-state index is 13.0. The summed E-state index contributed by atoms with van der Waals surface area (Å²) in [6.07, 6.45) is 2.22. The van der Waals surface area contributed by atoms with Crippen LogP contribution in [-0.2, 0) is 16.9 Å². The molecule has 0 saturated heterocycles. The molecule has 1 N–H and O–H groups in total. The van der Waals surface area contributed by atoms with Crippen molar-refractivity contribution in [3.8, 4) is 0 Å². The quantitative estimate of drug-likeness (QED) is 0.863. The number of hydrogen-bond donors (Lipinski definition) is 1. The Kier molecular flexibility index (Phi) is 4.85. The number of carboxylic acids is 1. The van der Waals surface area contributed by atoms with Crippen molar-refractivity contribution in [3.63, 3.8) is 0 Å². The number of aromatic nitrogens is 2. The third-order valence-corrected chi connectivity index (χ3v) is 4.42. The molecule has 0 bridgehead atoms.